The van der Waals surface area contributed by atoms with Crippen molar-refractivity contribution in [3.05, 3.63) is 76.5 Å². The lowest BCUT2D eigenvalue weighted by molar-refractivity contribution is -0.173. The summed E-state index contributed by atoms with van der Waals surface area (Å²) >= 11 is 2.73. The molecule has 2 aromatic heterocycles. The number of Topliss-reactive ketones (excluding diaryl/α,β-unsaturated/α-hetero) is 1. The Balaban J connectivity index is 1.23. The van der Waals surface area contributed by atoms with Crippen LogP contribution in [0.25, 0.3) is 10.1 Å². The second-order valence-corrected chi connectivity index (χ2v) is 20.1. The first kappa shape index (κ1) is 33.9. The normalized spacial score (nSPS) is 38.0. The fourth-order valence-electron chi connectivity index (χ4n) is 11.3. The van der Waals surface area contributed by atoms with Crippen LogP contribution in [0, 0.1) is 33.5 Å². The molecular weight excluding hydrogens is 675 g/mol. The lowest BCUT2D eigenvalue weighted by atomic mass is 9.32. The molecule has 7 nitrogen and oxygen atoms in total. The molecule has 8 atom stereocenters. The third kappa shape index (κ3) is 4.70. The molecule has 0 aliphatic heterocycles. The zero-order valence-electron chi connectivity index (χ0n) is 28.6. The van der Waals surface area contributed by atoms with E-state index in [1.54, 1.807) is 24.6 Å². The van der Waals surface area contributed by atoms with Gasteiger partial charge in [0.05, 0.1) is 16.6 Å². The first-order valence-electron chi connectivity index (χ1n) is 17.7. The van der Waals surface area contributed by atoms with Gasteiger partial charge in [0.15, 0.2) is 5.78 Å². The van der Waals surface area contributed by atoms with Gasteiger partial charge in [0, 0.05) is 53.3 Å². The summed E-state index contributed by atoms with van der Waals surface area (Å²) in [7, 11) is -2.22. The Hall–Kier alpha value is -2.18. The molecule has 2 bridgehead atoms. The monoisotopic (exact) mass is 721 g/mol. The van der Waals surface area contributed by atoms with E-state index < -0.39 is 38.0 Å². The number of ketones is 1. The van der Waals surface area contributed by atoms with Crippen molar-refractivity contribution in [2.75, 3.05) is 26.8 Å². The van der Waals surface area contributed by atoms with Crippen LogP contribution < -0.4 is 0 Å². The van der Waals surface area contributed by atoms with Gasteiger partial charge in [0.1, 0.15) is 4.21 Å². The number of fused-ring (bicyclic) bond motifs is 2. The molecule has 2 spiro atoms. The Bertz CT molecular complexity index is 1920. The van der Waals surface area contributed by atoms with Crippen molar-refractivity contribution < 1.29 is 28.2 Å². The van der Waals surface area contributed by atoms with Crippen LogP contribution in [-0.4, -0.2) is 67.2 Å². The van der Waals surface area contributed by atoms with Gasteiger partial charge in [-0.15, -0.1) is 22.7 Å². The second-order valence-electron chi connectivity index (χ2n) is 15.9. The van der Waals surface area contributed by atoms with Crippen LogP contribution >= 0.6 is 22.7 Å². The number of allylic oxidation sites excluding steroid dienone is 4. The molecule has 9 rings (SSSR count). The molecule has 8 unspecified atom stereocenters. The van der Waals surface area contributed by atoms with Gasteiger partial charge in [-0.3, -0.25) is 4.79 Å². The molecular formula is C39H47NO6S3. The fraction of sp³-hybridized carbons (Fsp3) is 0.564. The van der Waals surface area contributed by atoms with Crippen LogP contribution in [-0.2, 0) is 14.8 Å². The van der Waals surface area contributed by atoms with E-state index in [1.807, 2.05) is 18.2 Å². The minimum atomic E-state index is -3.83. The number of aliphatic hydroxyl groups excluding tert-OH is 1. The topological polar surface area (TPSA) is 104 Å². The zero-order valence-corrected chi connectivity index (χ0v) is 31.0. The van der Waals surface area contributed by atoms with E-state index in [-0.39, 0.29) is 40.3 Å². The van der Waals surface area contributed by atoms with Gasteiger partial charge in [0.25, 0.3) is 10.0 Å². The van der Waals surface area contributed by atoms with Gasteiger partial charge in [0.2, 0.25) is 0 Å². The van der Waals surface area contributed by atoms with Gasteiger partial charge in [-0.1, -0.05) is 56.3 Å². The highest BCUT2D eigenvalue weighted by Gasteiger charge is 2.74. The van der Waals surface area contributed by atoms with E-state index >= 15 is 0 Å². The Kier molecular flexibility index (Phi) is 8.08. The summed E-state index contributed by atoms with van der Waals surface area (Å²) in [5.74, 6) is 0.166. The number of thiophene rings is 2. The molecule has 2 N–H and O–H groups in total. The smallest absolute Gasteiger partial charge is 0.252 e. The first-order valence-corrected chi connectivity index (χ1v) is 20.9. The Labute approximate surface area is 297 Å². The van der Waals surface area contributed by atoms with Gasteiger partial charge in [-0.2, -0.15) is 4.31 Å². The molecule has 3 saturated carbocycles. The standard InChI is InChI=1S/C39H47NO6S3/c1-35-14-11-27(41)23-37(35)17-18-39(28(24-37)34(42)30-22-26-8-4-5-9-29(26)48-30)31(35)12-15-36(2)32(39)13-16-38(36,43)25-40(19-7-20-46-3)49(44,45)33-10-6-21-47-33/h4-6,8-10,17-18,21-22,24,27,31-32,41,43H,7,11-16,19-20,23,25H2,1-3H3. The number of rotatable bonds is 10. The quantitative estimate of drug-likeness (QED) is 0.128. The maximum atomic E-state index is 15.0. The van der Waals surface area contributed by atoms with Gasteiger partial charge in [-0.05, 0) is 97.6 Å². The van der Waals surface area contributed by atoms with Crippen molar-refractivity contribution >= 4 is 48.6 Å². The van der Waals surface area contributed by atoms with Crippen molar-refractivity contribution in [3.63, 3.8) is 0 Å². The van der Waals surface area contributed by atoms with Crippen LogP contribution in [0.4, 0.5) is 0 Å². The molecule has 10 heteroatoms. The summed E-state index contributed by atoms with van der Waals surface area (Å²) in [6.45, 7) is 5.23. The fourth-order valence-corrected chi connectivity index (χ4v) is 15.0. The number of carbonyl (C=O) groups is 1. The summed E-state index contributed by atoms with van der Waals surface area (Å²) in [4.78, 5) is 15.7. The lowest BCUT2D eigenvalue weighted by Gasteiger charge is -2.71. The number of methoxy groups -OCH3 is 1. The number of nitrogens with zero attached hydrogens (tertiary/aromatic N) is 1. The Morgan fingerprint density at radius 2 is 1.78 bits per heavy atom. The molecule has 0 amide bonds. The van der Waals surface area contributed by atoms with Crippen molar-refractivity contribution in [1.82, 2.24) is 4.31 Å². The Morgan fingerprint density at radius 3 is 2.53 bits per heavy atom. The summed E-state index contributed by atoms with van der Waals surface area (Å²) in [6.07, 6.45) is 12.0. The predicted molar refractivity (Wildman–Crippen MR) is 194 cm³/mol. The summed E-state index contributed by atoms with van der Waals surface area (Å²) in [5, 5.41) is 26.8. The van der Waals surface area contributed by atoms with Crippen LogP contribution in [0.2, 0.25) is 0 Å². The highest BCUT2D eigenvalue weighted by Crippen LogP contribution is 2.78. The van der Waals surface area contributed by atoms with Crippen LogP contribution in [0.15, 0.2) is 75.9 Å². The first-order chi connectivity index (χ1) is 23.3. The van der Waals surface area contributed by atoms with E-state index in [0.29, 0.717) is 32.3 Å². The number of hydrogen-bond donors (Lipinski definition) is 2. The van der Waals surface area contributed by atoms with Crippen molar-refractivity contribution in [2.45, 2.75) is 81.1 Å². The Morgan fingerprint density at radius 1 is 1.02 bits per heavy atom. The average molecular weight is 722 g/mol. The van der Waals surface area contributed by atoms with Crippen molar-refractivity contribution in [2.24, 2.45) is 33.5 Å². The summed E-state index contributed by atoms with van der Waals surface area (Å²) < 4.78 is 36.2. The number of sulfonamides is 1. The largest absolute Gasteiger partial charge is 0.393 e. The lowest BCUT2D eigenvalue weighted by Crippen LogP contribution is -2.67. The molecule has 2 heterocycles. The van der Waals surface area contributed by atoms with Gasteiger partial charge in [-0.25, -0.2) is 8.42 Å². The molecule has 0 saturated heterocycles. The molecule has 262 valence electrons. The third-order valence-electron chi connectivity index (χ3n) is 13.9. The highest BCUT2D eigenvalue weighted by atomic mass is 32.2. The number of hydrogen-bond acceptors (Lipinski definition) is 8. The van der Waals surface area contributed by atoms with Crippen LogP contribution in [0.3, 0.4) is 0 Å². The number of benzene rings is 1. The summed E-state index contributed by atoms with van der Waals surface area (Å²) in [6, 6.07) is 13.5. The average Bonchev–Trinajstić information content (AvgIpc) is 3.83. The number of ether oxygens (including phenoxy) is 1. The van der Waals surface area contributed by atoms with Crippen molar-refractivity contribution in [1.29, 1.82) is 0 Å². The SMILES string of the molecule is COCCCN(CC1(O)CCC2C34C=CC5(C=C3C(=O)c3cc6ccccc6s3)CC(O)CCC5(C)C4CCC21C)S(=O)(=O)c1cccs1. The minimum Gasteiger partial charge on any atom is -0.393 e. The van der Waals surface area contributed by atoms with Gasteiger partial charge >= 0.3 is 0 Å². The molecule has 0 radical (unpaired) electrons. The predicted octanol–water partition coefficient (Wildman–Crippen LogP) is 7.46. The number of carbonyl (C=O) groups excluding carboxylic acids is 1. The highest BCUT2D eigenvalue weighted by molar-refractivity contribution is 7.91. The number of aliphatic hydroxyl groups is 2. The van der Waals surface area contributed by atoms with Gasteiger partial charge < -0.3 is 14.9 Å². The van der Waals surface area contributed by atoms with E-state index in [2.05, 4.69) is 44.2 Å². The van der Waals surface area contributed by atoms with E-state index in [0.717, 1.165) is 46.2 Å². The van der Waals surface area contributed by atoms with Crippen molar-refractivity contribution in [3.8, 4) is 0 Å². The molecule has 3 fully saturated rings. The zero-order chi connectivity index (χ0) is 34.5. The molecule has 6 aliphatic carbocycles. The van der Waals surface area contributed by atoms with E-state index in [4.69, 9.17) is 4.74 Å². The summed E-state index contributed by atoms with van der Waals surface area (Å²) in [5.41, 5.74) is -2.25. The maximum Gasteiger partial charge on any atom is 0.252 e. The molecule has 49 heavy (non-hydrogen) atoms. The molecule has 1 aromatic carbocycles. The van der Waals surface area contributed by atoms with Crippen LogP contribution in [0.5, 0.6) is 0 Å². The maximum absolute atomic E-state index is 15.0. The van der Waals surface area contributed by atoms with E-state index in [9.17, 15) is 23.4 Å². The third-order valence-corrected chi connectivity index (χ3v) is 18.2. The molecule has 6 aliphatic rings. The van der Waals surface area contributed by atoms with E-state index in [1.165, 1.54) is 27.0 Å². The second kappa shape index (κ2) is 11.7. The van der Waals surface area contributed by atoms with Crippen LogP contribution in [0.1, 0.15) is 74.9 Å². The minimum absolute atomic E-state index is 0.00507. The molecule has 3 aromatic rings.